The Morgan fingerprint density at radius 3 is 2.45 bits per heavy atom. The molecule has 1 amide bonds. The summed E-state index contributed by atoms with van der Waals surface area (Å²) in [6.07, 6.45) is -0.934. The number of hydrogen-bond donors (Lipinski definition) is 2. The molecule has 4 nitrogen and oxygen atoms in total. The first-order valence-electron chi connectivity index (χ1n) is 3.64. The predicted octanol–water partition coefficient (Wildman–Crippen LogP) is 1.07. The first kappa shape index (κ1) is 10.2. The van der Waals surface area contributed by atoms with E-state index < -0.39 is 6.09 Å². The highest BCUT2D eigenvalue weighted by atomic mass is 16.5. The van der Waals surface area contributed by atoms with Crippen LogP contribution < -0.4 is 5.32 Å². The summed E-state index contributed by atoms with van der Waals surface area (Å²) >= 11 is 0. The van der Waals surface area contributed by atoms with Crippen molar-refractivity contribution in [2.45, 2.75) is 33.0 Å². The Bertz CT molecular complexity index is 125. The van der Waals surface area contributed by atoms with Crippen LogP contribution in [0.25, 0.3) is 0 Å². The van der Waals surface area contributed by atoms with Crippen LogP contribution >= 0.6 is 0 Å². The van der Waals surface area contributed by atoms with Gasteiger partial charge in [0.05, 0.1) is 12.2 Å². The molecule has 1 unspecified atom stereocenters. The molecule has 0 aromatic rings. The fraction of sp³-hybridized carbons (Fsp3) is 0.857. The van der Waals surface area contributed by atoms with Crippen molar-refractivity contribution in [2.75, 3.05) is 6.54 Å². The first-order valence-corrected chi connectivity index (χ1v) is 3.64. The molecule has 0 aliphatic heterocycles. The van der Waals surface area contributed by atoms with Crippen LogP contribution in [0.4, 0.5) is 4.79 Å². The van der Waals surface area contributed by atoms with E-state index in [9.17, 15) is 4.79 Å². The van der Waals surface area contributed by atoms with Gasteiger partial charge in [0.25, 0.3) is 0 Å². The van der Waals surface area contributed by atoms with Crippen molar-refractivity contribution in [1.29, 1.82) is 0 Å². The molecule has 0 saturated heterocycles. The van der Waals surface area contributed by atoms with Crippen molar-refractivity contribution < 1.29 is 14.6 Å². The zero-order valence-corrected chi connectivity index (χ0v) is 7.13. The highest BCUT2D eigenvalue weighted by molar-refractivity contribution is 5.64. The van der Waals surface area contributed by atoms with Gasteiger partial charge >= 0.3 is 6.09 Å². The Morgan fingerprint density at radius 1 is 1.55 bits per heavy atom. The molecule has 0 bridgehead atoms. The predicted molar refractivity (Wildman–Crippen MR) is 41.7 cm³/mol. The number of carboxylic acid groups (broad SMARTS) is 1. The number of hydrogen-bond acceptors (Lipinski definition) is 2. The lowest BCUT2D eigenvalue weighted by Crippen LogP contribution is -2.32. The lowest BCUT2D eigenvalue weighted by atomic mass is 10.4. The molecule has 11 heavy (non-hydrogen) atoms. The number of amides is 1. The van der Waals surface area contributed by atoms with E-state index in [0.717, 1.165) is 0 Å². The van der Waals surface area contributed by atoms with Gasteiger partial charge in [-0.1, -0.05) is 0 Å². The molecule has 0 aromatic heterocycles. The second-order valence-corrected chi connectivity index (χ2v) is 2.68. The van der Waals surface area contributed by atoms with E-state index in [1.807, 2.05) is 20.8 Å². The molecule has 0 fully saturated rings. The van der Waals surface area contributed by atoms with Gasteiger partial charge in [-0.05, 0) is 20.8 Å². The zero-order chi connectivity index (χ0) is 8.85. The van der Waals surface area contributed by atoms with Gasteiger partial charge in [-0.2, -0.15) is 0 Å². The highest BCUT2D eigenvalue weighted by Crippen LogP contribution is 1.94. The van der Waals surface area contributed by atoms with Crippen LogP contribution in [0.15, 0.2) is 0 Å². The molecule has 0 aliphatic rings. The molecule has 0 heterocycles. The standard InChI is InChI=1S/C7H15NO3/c1-5(2)11-6(3)4-8-7(9)10/h5-6,8H,4H2,1-3H3,(H,9,10). The summed E-state index contributed by atoms with van der Waals surface area (Å²) in [6.45, 7) is 6.00. The van der Waals surface area contributed by atoms with Crippen LogP contribution in [0.1, 0.15) is 20.8 Å². The maximum atomic E-state index is 10.0. The number of nitrogens with one attached hydrogen (secondary N) is 1. The first-order chi connectivity index (χ1) is 5.02. The third kappa shape index (κ3) is 7.12. The van der Waals surface area contributed by atoms with Gasteiger partial charge < -0.3 is 15.2 Å². The minimum absolute atomic E-state index is 0.0638. The minimum Gasteiger partial charge on any atom is -0.465 e. The Morgan fingerprint density at radius 2 is 2.09 bits per heavy atom. The van der Waals surface area contributed by atoms with Crippen LogP contribution in [-0.2, 0) is 4.74 Å². The molecule has 4 heteroatoms. The van der Waals surface area contributed by atoms with Crippen molar-refractivity contribution >= 4 is 6.09 Å². The quantitative estimate of drug-likeness (QED) is 0.648. The SMILES string of the molecule is CC(C)OC(C)CNC(=O)O. The summed E-state index contributed by atoms with van der Waals surface area (Å²) in [7, 11) is 0. The van der Waals surface area contributed by atoms with Gasteiger partial charge in [-0.15, -0.1) is 0 Å². The third-order valence-electron chi connectivity index (χ3n) is 1.05. The summed E-state index contributed by atoms with van der Waals surface area (Å²) in [5.74, 6) is 0. The molecule has 0 saturated carbocycles. The van der Waals surface area contributed by atoms with Gasteiger partial charge in [-0.3, -0.25) is 0 Å². The van der Waals surface area contributed by atoms with Crippen molar-refractivity contribution in [3.63, 3.8) is 0 Å². The molecular formula is C7H15NO3. The second-order valence-electron chi connectivity index (χ2n) is 2.68. The second kappa shape index (κ2) is 4.96. The van der Waals surface area contributed by atoms with E-state index in [-0.39, 0.29) is 12.2 Å². The van der Waals surface area contributed by atoms with E-state index in [0.29, 0.717) is 6.54 Å². The molecule has 0 aliphatic carbocycles. The van der Waals surface area contributed by atoms with Crippen molar-refractivity contribution in [3.05, 3.63) is 0 Å². The molecule has 0 rings (SSSR count). The lowest BCUT2D eigenvalue weighted by molar-refractivity contribution is 0.0199. The Labute approximate surface area is 66.5 Å². The zero-order valence-electron chi connectivity index (χ0n) is 7.13. The van der Waals surface area contributed by atoms with Gasteiger partial charge in [0.1, 0.15) is 0 Å². The molecule has 66 valence electrons. The summed E-state index contributed by atoms with van der Waals surface area (Å²) in [6, 6.07) is 0. The molecule has 2 N–H and O–H groups in total. The maximum absolute atomic E-state index is 10.0. The highest BCUT2D eigenvalue weighted by Gasteiger charge is 2.05. The number of ether oxygens (including phenoxy) is 1. The average molecular weight is 161 g/mol. The van der Waals surface area contributed by atoms with E-state index in [1.54, 1.807) is 0 Å². The van der Waals surface area contributed by atoms with Gasteiger partial charge in [0.15, 0.2) is 0 Å². The van der Waals surface area contributed by atoms with Crippen LogP contribution in [0.5, 0.6) is 0 Å². The summed E-state index contributed by atoms with van der Waals surface area (Å²) < 4.78 is 5.27. The van der Waals surface area contributed by atoms with Crippen molar-refractivity contribution in [2.24, 2.45) is 0 Å². The fourth-order valence-corrected chi connectivity index (χ4v) is 0.744. The number of rotatable bonds is 4. The fourth-order valence-electron chi connectivity index (χ4n) is 0.744. The van der Waals surface area contributed by atoms with E-state index in [2.05, 4.69) is 5.32 Å². The summed E-state index contributed by atoms with van der Waals surface area (Å²) in [5, 5.41) is 10.5. The van der Waals surface area contributed by atoms with E-state index in [1.165, 1.54) is 0 Å². The monoisotopic (exact) mass is 161 g/mol. The molecular weight excluding hydrogens is 146 g/mol. The Balaban J connectivity index is 3.37. The van der Waals surface area contributed by atoms with Crippen LogP contribution in [0.3, 0.4) is 0 Å². The molecule has 0 aromatic carbocycles. The van der Waals surface area contributed by atoms with Crippen molar-refractivity contribution in [3.8, 4) is 0 Å². The van der Waals surface area contributed by atoms with E-state index >= 15 is 0 Å². The third-order valence-corrected chi connectivity index (χ3v) is 1.05. The van der Waals surface area contributed by atoms with Crippen LogP contribution in [0.2, 0.25) is 0 Å². The van der Waals surface area contributed by atoms with Gasteiger partial charge in [0.2, 0.25) is 0 Å². The molecule has 0 spiro atoms. The minimum atomic E-state index is -1.01. The lowest BCUT2D eigenvalue weighted by Gasteiger charge is -2.15. The normalized spacial score (nSPS) is 13.1. The topological polar surface area (TPSA) is 58.6 Å². The largest absolute Gasteiger partial charge is 0.465 e. The average Bonchev–Trinajstić information content (AvgIpc) is 1.82. The van der Waals surface area contributed by atoms with Crippen LogP contribution in [0, 0.1) is 0 Å². The van der Waals surface area contributed by atoms with Gasteiger partial charge in [-0.25, -0.2) is 4.79 Å². The smallest absolute Gasteiger partial charge is 0.404 e. The Hall–Kier alpha value is -0.770. The molecule has 0 radical (unpaired) electrons. The summed E-state index contributed by atoms with van der Waals surface area (Å²) in [5.41, 5.74) is 0. The van der Waals surface area contributed by atoms with Gasteiger partial charge in [0, 0.05) is 6.54 Å². The molecule has 1 atom stereocenters. The number of carbonyl (C=O) groups is 1. The Kier molecular flexibility index (Phi) is 4.61. The van der Waals surface area contributed by atoms with E-state index in [4.69, 9.17) is 9.84 Å². The summed E-state index contributed by atoms with van der Waals surface area (Å²) in [4.78, 5) is 10.0. The van der Waals surface area contributed by atoms with Crippen molar-refractivity contribution in [1.82, 2.24) is 5.32 Å². The maximum Gasteiger partial charge on any atom is 0.404 e. The van der Waals surface area contributed by atoms with Crippen LogP contribution in [-0.4, -0.2) is 30.0 Å².